The zero-order chi connectivity index (χ0) is 19.8. The number of para-hydroxylation sites is 1. The third-order valence-corrected chi connectivity index (χ3v) is 3.87. The van der Waals surface area contributed by atoms with Crippen molar-refractivity contribution in [2.75, 3.05) is 10.6 Å². The first kappa shape index (κ1) is 18.9. The minimum Gasteiger partial charge on any atom is -0.356 e. The summed E-state index contributed by atoms with van der Waals surface area (Å²) in [6, 6.07) is 26.5. The van der Waals surface area contributed by atoms with Crippen molar-refractivity contribution in [2.45, 2.75) is 6.92 Å². The highest BCUT2D eigenvalue weighted by Crippen LogP contribution is 2.19. The molecule has 0 bridgehead atoms. The van der Waals surface area contributed by atoms with E-state index in [9.17, 15) is 9.59 Å². The van der Waals surface area contributed by atoms with E-state index in [2.05, 4.69) is 16.0 Å². The summed E-state index contributed by atoms with van der Waals surface area (Å²) in [5.74, 6) is -0.692. The Hall–Kier alpha value is -3.86. The van der Waals surface area contributed by atoms with E-state index in [4.69, 9.17) is 0 Å². The summed E-state index contributed by atoms with van der Waals surface area (Å²) in [5.41, 5.74) is 3.53. The molecule has 0 radical (unpaired) electrons. The maximum absolute atomic E-state index is 12.6. The average Bonchev–Trinajstić information content (AvgIpc) is 2.70. The Bertz CT molecular complexity index is 966. The van der Waals surface area contributed by atoms with Crippen molar-refractivity contribution in [1.29, 1.82) is 0 Å². The predicted molar refractivity (Wildman–Crippen MR) is 113 cm³/mol. The average molecular weight is 371 g/mol. The molecule has 140 valence electrons. The number of carbonyl (C=O) groups excluding carboxylic acids is 2. The molecule has 0 saturated heterocycles. The van der Waals surface area contributed by atoms with E-state index in [0.29, 0.717) is 5.69 Å². The SMILES string of the molecule is CC(=O)N/C(=C\c1ccccc1)C(=O)Nc1ccc(Nc2ccccc2)cc1. The first-order valence-corrected chi connectivity index (χ1v) is 8.88. The number of benzene rings is 3. The van der Waals surface area contributed by atoms with Gasteiger partial charge in [-0.25, -0.2) is 0 Å². The Morgan fingerprint density at radius 2 is 1.25 bits per heavy atom. The Morgan fingerprint density at radius 1 is 0.714 bits per heavy atom. The molecule has 3 aromatic rings. The van der Waals surface area contributed by atoms with Crippen LogP contribution in [-0.2, 0) is 9.59 Å². The summed E-state index contributed by atoms with van der Waals surface area (Å²) in [6.45, 7) is 1.37. The molecule has 3 rings (SSSR count). The second-order valence-electron chi connectivity index (χ2n) is 6.17. The van der Waals surface area contributed by atoms with Crippen LogP contribution in [0.3, 0.4) is 0 Å². The highest BCUT2D eigenvalue weighted by atomic mass is 16.2. The number of hydrogen-bond donors (Lipinski definition) is 3. The van der Waals surface area contributed by atoms with Crippen LogP contribution in [0.5, 0.6) is 0 Å². The van der Waals surface area contributed by atoms with Crippen LogP contribution in [0.25, 0.3) is 6.08 Å². The van der Waals surface area contributed by atoms with Gasteiger partial charge in [-0.15, -0.1) is 0 Å². The molecule has 0 aliphatic heterocycles. The van der Waals surface area contributed by atoms with Gasteiger partial charge in [-0.05, 0) is 48.0 Å². The van der Waals surface area contributed by atoms with Gasteiger partial charge in [0.2, 0.25) is 5.91 Å². The van der Waals surface area contributed by atoms with Gasteiger partial charge in [0.05, 0.1) is 0 Å². The number of hydrogen-bond acceptors (Lipinski definition) is 3. The lowest BCUT2D eigenvalue weighted by Gasteiger charge is -2.11. The van der Waals surface area contributed by atoms with Gasteiger partial charge >= 0.3 is 0 Å². The smallest absolute Gasteiger partial charge is 0.272 e. The summed E-state index contributed by atoms with van der Waals surface area (Å²) >= 11 is 0. The second kappa shape index (κ2) is 9.19. The summed E-state index contributed by atoms with van der Waals surface area (Å²) in [5, 5.41) is 8.68. The van der Waals surface area contributed by atoms with Crippen molar-refractivity contribution in [3.63, 3.8) is 0 Å². The van der Waals surface area contributed by atoms with Gasteiger partial charge in [0, 0.05) is 24.0 Å². The summed E-state index contributed by atoms with van der Waals surface area (Å²) in [6.07, 6.45) is 1.64. The van der Waals surface area contributed by atoms with E-state index in [0.717, 1.165) is 16.9 Å². The first-order chi connectivity index (χ1) is 13.6. The van der Waals surface area contributed by atoms with Crippen LogP contribution in [-0.4, -0.2) is 11.8 Å². The Labute approximate surface area is 164 Å². The maximum atomic E-state index is 12.6. The van der Waals surface area contributed by atoms with Crippen LogP contribution in [0.1, 0.15) is 12.5 Å². The van der Waals surface area contributed by atoms with Gasteiger partial charge in [-0.3, -0.25) is 9.59 Å². The minimum absolute atomic E-state index is 0.185. The van der Waals surface area contributed by atoms with Crippen LogP contribution in [0.4, 0.5) is 17.1 Å². The number of amides is 2. The fourth-order valence-corrected chi connectivity index (χ4v) is 2.59. The minimum atomic E-state index is -0.386. The Kier molecular flexibility index (Phi) is 6.21. The Morgan fingerprint density at radius 3 is 1.86 bits per heavy atom. The van der Waals surface area contributed by atoms with Gasteiger partial charge in [0.25, 0.3) is 5.91 Å². The molecule has 28 heavy (non-hydrogen) atoms. The van der Waals surface area contributed by atoms with Crippen LogP contribution >= 0.6 is 0 Å². The van der Waals surface area contributed by atoms with Gasteiger partial charge in [0.1, 0.15) is 5.70 Å². The molecule has 0 aromatic heterocycles. The molecular weight excluding hydrogens is 350 g/mol. The van der Waals surface area contributed by atoms with Crippen molar-refractivity contribution in [2.24, 2.45) is 0 Å². The van der Waals surface area contributed by atoms with Gasteiger partial charge in [-0.2, -0.15) is 0 Å². The molecule has 3 N–H and O–H groups in total. The van der Waals surface area contributed by atoms with Crippen molar-refractivity contribution in [3.05, 3.63) is 96.2 Å². The molecule has 0 atom stereocenters. The molecule has 0 unspecified atom stereocenters. The summed E-state index contributed by atoms with van der Waals surface area (Å²) in [4.78, 5) is 24.1. The molecule has 0 aliphatic carbocycles. The van der Waals surface area contributed by atoms with Crippen LogP contribution in [0.15, 0.2) is 90.6 Å². The first-order valence-electron chi connectivity index (χ1n) is 8.88. The normalized spacial score (nSPS) is 10.8. The predicted octanol–water partition coefficient (Wildman–Crippen LogP) is 4.55. The van der Waals surface area contributed by atoms with Crippen molar-refractivity contribution < 1.29 is 9.59 Å². The van der Waals surface area contributed by atoms with E-state index in [1.54, 1.807) is 18.2 Å². The van der Waals surface area contributed by atoms with E-state index >= 15 is 0 Å². The van der Waals surface area contributed by atoms with Crippen LogP contribution in [0, 0.1) is 0 Å². The lowest BCUT2D eigenvalue weighted by atomic mass is 10.2. The molecule has 0 aliphatic rings. The highest BCUT2D eigenvalue weighted by Gasteiger charge is 2.11. The quantitative estimate of drug-likeness (QED) is 0.557. The summed E-state index contributed by atoms with van der Waals surface area (Å²) in [7, 11) is 0. The molecule has 0 spiro atoms. The fourth-order valence-electron chi connectivity index (χ4n) is 2.59. The van der Waals surface area contributed by atoms with Crippen molar-refractivity contribution in [3.8, 4) is 0 Å². The molecule has 0 fully saturated rings. The molecule has 5 heteroatoms. The van der Waals surface area contributed by atoms with E-state index in [1.807, 2.05) is 72.8 Å². The molecule has 3 aromatic carbocycles. The van der Waals surface area contributed by atoms with E-state index in [1.165, 1.54) is 6.92 Å². The number of nitrogens with one attached hydrogen (secondary N) is 3. The third-order valence-electron chi connectivity index (χ3n) is 3.87. The van der Waals surface area contributed by atoms with E-state index < -0.39 is 0 Å². The zero-order valence-corrected chi connectivity index (χ0v) is 15.5. The molecule has 0 saturated carbocycles. The Balaban J connectivity index is 1.70. The van der Waals surface area contributed by atoms with Crippen molar-refractivity contribution in [1.82, 2.24) is 5.32 Å². The maximum Gasteiger partial charge on any atom is 0.272 e. The van der Waals surface area contributed by atoms with Crippen molar-refractivity contribution >= 4 is 35.0 Å². The largest absolute Gasteiger partial charge is 0.356 e. The molecule has 0 heterocycles. The zero-order valence-electron chi connectivity index (χ0n) is 15.5. The van der Waals surface area contributed by atoms with Crippen LogP contribution in [0.2, 0.25) is 0 Å². The van der Waals surface area contributed by atoms with E-state index in [-0.39, 0.29) is 17.5 Å². The lowest BCUT2D eigenvalue weighted by Crippen LogP contribution is -2.28. The molecule has 5 nitrogen and oxygen atoms in total. The standard InChI is InChI=1S/C23H21N3O2/c1-17(27)24-22(16-18-8-4-2-5-9-18)23(28)26-21-14-12-20(13-15-21)25-19-10-6-3-7-11-19/h2-16,25H,1H3,(H,24,27)(H,26,28)/b22-16-. The van der Waals surface area contributed by atoms with Gasteiger partial charge < -0.3 is 16.0 Å². The number of rotatable bonds is 6. The molecule has 2 amide bonds. The van der Waals surface area contributed by atoms with Gasteiger partial charge in [0.15, 0.2) is 0 Å². The third kappa shape index (κ3) is 5.57. The fraction of sp³-hybridized carbons (Fsp3) is 0.0435. The highest BCUT2D eigenvalue weighted by molar-refractivity contribution is 6.08. The topological polar surface area (TPSA) is 70.2 Å². The lowest BCUT2D eigenvalue weighted by molar-refractivity contribution is -0.120. The summed E-state index contributed by atoms with van der Waals surface area (Å²) < 4.78 is 0. The second-order valence-corrected chi connectivity index (χ2v) is 6.17. The van der Waals surface area contributed by atoms with Crippen LogP contribution < -0.4 is 16.0 Å². The molecular formula is C23H21N3O2. The monoisotopic (exact) mass is 371 g/mol. The number of anilines is 3. The number of carbonyl (C=O) groups is 2. The van der Waals surface area contributed by atoms with Gasteiger partial charge in [-0.1, -0.05) is 48.5 Å².